The first-order valence-corrected chi connectivity index (χ1v) is 7.13. The SMILES string of the molecule is O=C(CNC(=O)c1ccc(F)cc1F)NNc1ccccc1C(F)(F)F. The Balaban J connectivity index is 1.91. The first kappa shape index (κ1) is 19.2. The molecule has 0 bridgehead atoms. The quantitative estimate of drug-likeness (QED) is 0.558. The summed E-state index contributed by atoms with van der Waals surface area (Å²) < 4.78 is 64.6. The number of alkyl halides is 3. The summed E-state index contributed by atoms with van der Waals surface area (Å²) in [5.74, 6) is -3.84. The van der Waals surface area contributed by atoms with Gasteiger partial charge in [0.25, 0.3) is 11.8 Å². The zero-order chi connectivity index (χ0) is 19.3. The molecule has 3 N–H and O–H groups in total. The number of para-hydroxylation sites is 1. The Morgan fingerprint density at radius 3 is 2.35 bits per heavy atom. The number of hydrogen-bond donors (Lipinski definition) is 3. The third kappa shape index (κ3) is 4.91. The van der Waals surface area contributed by atoms with Crippen LogP contribution in [0.4, 0.5) is 27.6 Å². The maximum Gasteiger partial charge on any atom is 0.418 e. The molecule has 0 aliphatic rings. The minimum atomic E-state index is -4.62. The van der Waals surface area contributed by atoms with Crippen LogP contribution in [0.2, 0.25) is 0 Å². The average Bonchev–Trinajstić information content (AvgIpc) is 2.57. The molecule has 0 unspecified atom stereocenters. The lowest BCUT2D eigenvalue weighted by molar-refractivity contribution is -0.137. The molecule has 0 aliphatic heterocycles. The van der Waals surface area contributed by atoms with Gasteiger partial charge in [0, 0.05) is 6.07 Å². The number of anilines is 1. The van der Waals surface area contributed by atoms with E-state index in [-0.39, 0.29) is 5.69 Å². The van der Waals surface area contributed by atoms with E-state index in [0.717, 1.165) is 24.3 Å². The molecule has 138 valence electrons. The molecule has 2 amide bonds. The van der Waals surface area contributed by atoms with Crippen LogP contribution in [-0.2, 0) is 11.0 Å². The molecule has 0 fully saturated rings. The van der Waals surface area contributed by atoms with Crippen LogP contribution >= 0.6 is 0 Å². The molecule has 0 heterocycles. The highest BCUT2D eigenvalue weighted by Gasteiger charge is 2.33. The summed E-state index contributed by atoms with van der Waals surface area (Å²) in [6.45, 7) is -0.642. The van der Waals surface area contributed by atoms with Gasteiger partial charge < -0.3 is 5.32 Å². The van der Waals surface area contributed by atoms with E-state index in [4.69, 9.17) is 0 Å². The van der Waals surface area contributed by atoms with Crippen molar-refractivity contribution in [2.75, 3.05) is 12.0 Å². The van der Waals surface area contributed by atoms with Crippen molar-refractivity contribution in [2.24, 2.45) is 0 Å². The Morgan fingerprint density at radius 1 is 1.00 bits per heavy atom. The Hall–Kier alpha value is -3.17. The normalized spacial score (nSPS) is 11.0. The maximum atomic E-state index is 13.4. The highest BCUT2D eigenvalue weighted by molar-refractivity contribution is 5.96. The monoisotopic (exact) mass is 373 g/mol. The van der Waals surface area contributed by atoms with Crippen LogP contribution in [0.5, 0.6) is 0 Å². The van der Waals surface area contributed by atoms with Crippen LogP contribution < -0.4 is 16.2 Å². The third-order valence-electron chi connectivity index (χ3n) is 3.15. The fourth-order valence-corrected chi connectivity index (χ4v) is 1.95. The van der Waals surface area contributed by atoms with Gasteiger partial charge in [-0.15, -0.1) is 0 Å². The molecule has 0 saturated heterocycles. The van der Waals surface area contributed by atoms with E-state index in [1.54, 1.807) is 0 Å². The van der Waals surface area contributed by atoms with E-state index in [1.165, 1.54) is 12.1 Å². The number of halogens is 5. The second kappa shape index (κ2) is 7.81. The highest BCUT2D eigenvalue weighted by atomic mass is 19.4. The lowest BCUT2D eigenvalue weighted by Gasteiger charge is -2.15. The van der Waals surface area contributed by atoms with E-state index in [0.29, 0.717) is 6.07 Å². The molecule has 2 aromatic rings. The number of nitrogens with one attached hydrogen (secondary N) is 3. The molecule has 0 radical (unpaired) electrons. The van der Waals surface area contributed by atoms with Gasteiger partial charge in [-0.05, 0) is 24.3 Å². The first-order valence-electron chi connectivity index (χ1n) is 7.13. The minimum absolute atomic E-state index is 0.385. The minimum Gasteiger partial charge on any atom is -0.343 e. The van der Waals surface area contributed by atoms with Crippen molar-refractivity contribution >= 4 is 17.5 Å². The van der Waals surface area contributed by atoms with Gasteiger partial charge in [0.15, 0.2) is 0 Å². The van der Waals surface area contributed by atoms with Gasteiger partial charge in [-0.3, -0.25) is 20.4 Å². The molecule has 2 rings (SSSR count). The fourth-order valence-electron chi connectivity index (χ4n) is 1.95. The first-order chi connectivity index (χ1) is 12.2. The summed E-state index contributed by atoms with van der Waals surface area (Å²) in [5.41, 5.74) is 2.24. The van der Waals surface area contributed by atoms with E-state index in [2.05, 4.69) is 10.7 Å². The molecule has 0 aromatic heterocycles. The van der Waals surface area contributed by atoms with Crippen molar-refractivity contribution in [2.45, 2.75) is 6.18 Å². The predicted octanol–water partition coefficient (Wildman–Crippen LogP) is 2.86. The number of hydrogen-bond acceptors (Lipinski definition) is 3. The van der Waals surface area contributed by atoms with Crippen LogP contribution in [-0.4, -0.2) is 18.4 Å². The van der Waals surface area contributed by atoms with Crippen LogP contribution in [0.15, 0.2) is 42.5 Å². The van der Waals surface area contributed by atoms with E-state index < -0.39 is 47.3 Å². The predicted molar refractivity (Wildman–Crippen MR) is 81.9 cm³/mol. The standard InChI is InChI=1S/C16H12F5N3O2/c17-9-5-6-10(12(18)7-9)15(26)22-8-14(25)24-23-13-4-2-1-3-11(13)16(19,20)21/h1-7,23H,8H2,(H,22,26)(H,24,25). The highest BCUT2D eigenvalue weighted by Crippen LogP contribution is 2.34. The van der Waals surface area contributed by atoms with Crippen LogP contribution in [0, 0.1) is 11.6 Å². The van der Waals surface area contributed by atoms with Gasteiger partial charge in [-0.2, -0.15) is 13.2 Å². The molecular weight excluding hydrogens is 361 g/mol. The van der Waals surface area contributed by atoms with Gasteiger partial charge in [0.1, 0.15) is 11.6 Å². The Morgan fingerprint density at radius 2 is 1.69 bits per heavy atom. The number of benzene rings is 2. The molecule has 0 saturated carbocycles. The van der Waals surface area contributed by atoms with Gasteiger partial charge in [-0.1, -0.05) is 12.1 Å². The number of rotatable bonds is 5. The number of amides is 2. The maximum absolute atomic E-state index is 13.4. The summed E-state index contributed by atoms with van der Waals surface area (Å²) in [6, 6.07) is 6.73. The Bertz CT molecular complexity index is 824. The fraction of sp³-hybridized carbons (Fsp3) is 0.125. The lowest BCUT2D eigenvalue weighted by Crippen LogP contribution is -2.40. The zero-order valence-electron chi connectivity index (χ0n) is 13.0. The Labute approximate surface area is 144 Å². The smallest absolute Gasteiger partial charge is 0.343 e. The van der Waals surface area contributed by atoms with E-state index >= 15 is 0 Å². The summed E-state index contributed by atoms with van der Waals surface area (Å²) in [6.07, 6.45) is -4.62. The van der Waals surface area contributed by atoms with Crippen LogP contribution in [0.3, 0.4) is 0 Å². The number of carbonyl (C=O) groups is 2. The molecule has 2 aromatic carbocycles. The molecule has 0 spiro atoms. The van der Waals surface area contributed by atoms with E-state index in [9.17, 15) is 31.5 Å². The summed E-state index contributed by atoms with van der Waals surface area (Å²) in [4.78, 5) is 23.3. The van der Waals surface area contributed by atoms with Crippen LogP contribution in [0.1, 0.15) is 15.9 Å². The topological polar surface area (TPSA) is 70.2 Å². The van der Waals surface area contributed by atoms with Crippen molar-refractivity contribution < 1.29 is 31.5 Å². The lowest BCUT2D eigenvalue weighted by atomic mass is 10.2. The number of carbonyl (C=O) groups excluding carboxylic acids is 2. The van der Waals surface area contributed by atoms with Crippen molar-refractivity contribution in [3.05, 3.63) is 65.2 Å². The second-order valence-corrected chi connectivity index (χ2v) is 5.02. The molecule has 0 atom stereocenters. The summed E-state index contributed by atoms with van der Waals surface area (Å²) in [7, 11) is 0. The van der Waals surface area contributed by atoms with Crippen molar-refractivity contribution in [3.8, 4) is 0 Å². The molecule has 0 aliphatic carbocycles. The van der Waals surface area contributed by atoms with Crippen molar-refractivity contribution in [1.82, 2.24) is 10.7 Å². The van der Waals surface area contributed by atoms with E-state index in [1.807, 2.05) is 5.43 Å². The van der Waals surface area contributed by atoms with Crippen molar-refractivity contribution in [1.29, 1.82) is 0 Å². The third-order valence-corrected chi connectivity index (χ3v) is 3.15. The second-order valence-electron chi connectivity index (χ2n) is 5.02. The van der Waals surface area contributed by atoms with Gasteiger partial charge in [-0.25, -0.2) is 8.78 Å². The molecule has 10 heteroatoms. The van der Waals surface area contributed by atoms with Gasteiger partial charge in [0.05, 0.1) is 23.4 Å². The average molecular weight is 373 g/mol. The largest absolute Gasteiger partial charge is 0.418 e. The zero-order valence-corrected chi connectivity index (χ0v) is 13.0. The molecule has 5 nitrogen and oxygen atoms in total. The van der Waals surface area contributed by atoms with Gasteiger partial charge >= 0.3 is 6.18 Å². The van der Waals surface area contributed by atoms with Crippen LogP contribution in [0.25, 0.3) is 0 Å². The molecule has 26 heavy (non-hydrogen) atoms. The number of hydrazine groups is 1. The Kier molecular flexibility index (Phi) is 5.75. The summed E-state index contributed by atoms with van der Waals surface area (Å²) >= 11 is 0. The molecular formula is C16H12F5N3O2. The summed E-state index contributed by atoms with van der Waals surface area (Å²) in [5, 5.41) is 2.06. The van der Waals surface area contributed by atoms with Gasteiger partial charge in [0.2, 0.25) is 0 Å². The van der Waals surface area contributed by atoms with Crippen molar-refractivity contribution in [3.63, 3.8) is 0 Å².